The van der Waals surface area contributed by atoms with Gasteiger partial charge in [-0.05, 0) is 30.9 Å². The van der Waals surface area contributed by atoms with Gasteiger partial charge in [-0.2, -0.15) is 0 Å². The van der Waals surface area contributed by atoms with Crippen molar-refractivity contribution in [3.05, 3.63) is 36.5 Å². The lowest BCUT2D eigenvalue weighted by molar-refractivity contribution is -0.144. The van der Waals surface area contributed by atoms with Gasteiger partial charge in [-0.1, -0.05) is 18.2 Å². The van der Waals surface area contributed by atoms with Gasteiger partial charge in [-0.3, -0.25) is 19.3 Å². The topological polar surface area (TPSA) is 59.4 Å². The average molecular weight is 300 g/mol. The van der Waals surface area contributed by atoms with Crippen LogP contribution in [0.25, 0.3) is 10.9 Å². The lowest BCUT2D eigenvalue weighted by Gasteiger charge is -2.14. The maximum Gasteiger partial charge on any atom is 0.236 e. The molecule has 22 heavy (non-hydrogen) atoms. The minimum Gasteiger partial charge on any atom is -0.347 e. The van der Waals surface area contributed by atoms with Crippen LogP contribution in [0.2, 0.25) is 0 Å². The number of aryl methyl sites for hydroxylation is 1. The van der Waals surface area contributed by atoms with Gasteiger partial charge < -0.3 is 4.57 Å². The van der Waals surface area contributed by atoms with E-state index in [0.717, 1.165) is 10.4 Å². The number of nitrogens with zero attached hydrogens (tertiary/aromatic N) is 2. The van der Waals surface area contributed by atoms with Crippen molar-refractivity contribution >= 4 is 28.5 Å². The second kappa shape index (κ2) is 7.02. The minimum absolute atomic E-state index is 0.218. The Morgan fingerprint density at radius 1 is 1.09 bits per heavy atom. The quantitative estimate of drug-likeness (QED) is 0.770. The number of para-hydroxylation sites is 1. The highest BCUT2D eigenvalue weighted by Gasteiger charge is 2.17. The number of rotatable bonds is 6. The van der Waals surface area contributed by atoms with Crippen LogP contribution in [-0.2, 0) is 20.9 Å². The molecule has 0 saturated heterocycles. The zero-order valence-corrected chi connectivity index (χ0v) is 12.9. The number of aromatic nitrogens is 1. The number of Topliss-reactive ketones (excluding diaryl/α,β-unsaturated/α-hetero) is 1. The number of fused-ring (bicyclic) bond motifs is 1. The first-order valence-corrected chi connectivity index (χ1v) is 7.31. The molecule has 0 saturated carbocycles. The van der Waals surface area contributed by atoms with E-state index in [1.54, 1.807) is 0 Å². The van der Waals surface area contributed by atoms with Crippen LogP contribution in [0.4, 0.5) is 0 Å². The highest BCUT2D eigenvalue weighted by molar-refractivity contribution is 6.03. The standard InChI is InChI=1S/C17H20N2O3/c1-13(20)12-17(22)18(2)16(21)8-5-10-19-11-9-14-6-3-4-7-15(14)19/h3-4,6-7,9,11H,5,8,10,12H2,1-2H3. The zero-order valence-electron chi connectivity index (χ0n) is 12.9. The highest BCUT2D eigenvalue weighted by atomic mass is 16.2. The number of benzene rings is 1. The van der Waals surface area contributed by atoms with Crippen LogP contribution >= 0.6 is 0 Å². The minimum atomic E-state index is -0.441. The fourth-order valence-electron chi connectivity index (χ4n) is 2.37. The molecule has 1 aromatic carbocycles. The first kappa shape index (κ1) is 15.9. The van der Waals surface area contributed by atoms with Gasteiger partial charge in [-0.25, -0.2) is 0 Å². The summed E-state index contributed by atoms with van der Waals surface area (Å²) < 4.78 is 2.10. The maximum absolute atomic E-state index is 11.9. The van der Waals surface area contributed by atoms with Gasteiger partial charge in [0.05, 0.1) is 6.42 Å². The van der Waals surface area contributed by atoms with Gasteiger partial charge >= 0.3 is 0 Å². The molecule has 2 aromatic rings. The molecule has 0 fully saturated rings. The van der Waals surface area contributed by atoms with E-state index in [2.05, 4.69) is 4.57 Å². The molecule has 0 spiro atoms. The summed E-state index contributed by atoms with van der Waals surface area (Å²) in [5.74, 6) is -0.921. The van der Waals surface area contributed by atoms with Crippen molar-refractivity contribution in [1.29, 1.82) is 0 Å². The lowest BCUT2D eigenvalue weighted by atomic mass is 10.2. The molecule has 0 aliphatic rings. The third kappa shape index (κ3) is 3.81. The molecule has 0 aliphatic carbocycles. The normalized spacial score (nSPS) is 10.6. The molecule has 5 heteroatoms. The fourth-order valence-corrected chi connectivity index (χ4v) is 2.37. The lowest BCUT2D eigenvalue weighted by Crippen LogP contribution is -2.34. The molecule has 2 amide bonds. The van der Waals surface area contributed by atoms with E-state index in [1.165, 1.54) is 19.4 Å². The van der Waals surface area contributed by atoms with Gasteiger partial charge in [0.25, 0.3) is 0 Å². The summed E-state index contributed by atoms with van der Waals surface area (Å²) in [5.41, 5.74) is 1.14. The third-order valence-corrected chi connectivity index (χ3v) is 3.62. The average Bonchev–Trinajstić information content (AvgIpc) is 2.89. The summed E-state index contributed by atoms with van der Waals surface area (Å²) in [7, 11) is 1.43. The highest BCUT2D eigenvalue weighted by Crippen LogP contribution is 2.15. The van der Waals surface area contributed by atoms with Crippen LogP contribution in [0.3, 0.4) is 0 Å². The van der Waals surface area contributed by atoms with Crippen molar-refractivity contribution in [1.82, 2.24) is 9.47 Å². The van der Waals surface area contributed by atoms with E-state index in [-0.39, 0.29) is 24.5 Å². The Kier molecular flexibility index (Phi) is 5.09. The molecule has 0 unspecified atom stereocenters. The number of carbonyl (C=O) groups excluding carboxylic acids is 3. The van der Waals surface area contributed by atoms with Crippen molar-refractivity contribution in [2.75, 3.05) is 7.05 Å². The van der Waals surface area contributed by atoms with Gasteiger partial charge in [0.15, 0.2) is 0 Å². The van der Waals surface area contributed by atoms with Gasteiger partial charge in [-0.15, -0.1) is 0 Å². The second-order valence-corrected chi connectivity index (χ2v) is 5.40. The smallest absolute Gasteiger partial charge is 0.236 e. The molecule has 1 heterocycles. The SMILES string of the molecule is CC(=O)CC(=O)N(C)C(=O)CCCn1ccc2ccccc21. The van der Waals surface area contributed by atoms with Crippen LogP contribution in [0, 0.1) is 0 Å². The molecule has 0 aliphatic heterocycles. The first-order valence-electron chi connectivity index (χ1n) is 7.31. The van der Waals surface area contributed by atoms with Gasteiger partial charge in [0.2, 0.25) is 11.8 Å². The van der Waals surface area contributed by atoms with Crippen LogP contribution < -0.4 is 0 Å². The van der Waals surface area contributed by atoms with E-state index in [0.29, 0.717) is 13.0 Å². The van der Waals surface area contributed by atoms with Crippen molar-refractivity contribution < 1.29 is 14.4 Å². The van der Waals surface area contributed by atoms with Crippen LogP contribution in [0.1, 0.15) is 26.2 Å². The molecule has 0 bridgehead atoms. The molecule has 5 nitrogen and oxygen atoms in total. The molecule has 116 valence electrons. The van der Waals surface area contributed by atoms with Gasteiger partial charge in [0, 0.05) is 31.7 Å². The van der Waals surface area contributed by atoms with Crippen molar-refractivity contribution in [2.45, 2.75) is 32.7 Å². The first-order chi connectivity index (χ1) is 10.5. The Bertz CT molecular complexity index is 703. The van der Waals surface area contributed by atoms with Crippen LogP contribution in [-0.4, -0.2) is 34.1 Å². The third-order valence-electron chi connectivity index (χ3n) is 3.62. The Hall–Kier alpha value is -2.43. The summed E-state index contributed by atoms with van der Waals surface area (Å²) in [4.78, 5) is 35.5. The second-order valence-electron chi connectivity index (χ2n) is 5.40. The summed E-state index contributed by atoms with van der Waals surface area (Å²) >= 11 is 0. The zero-order chi connectivity index (χ0) is 16.1. The number of carbonyl (C=O) groups is 3. The van der Waals surface area contributed by atoms with Crippen LogP contribution in [0.5, 0.6) is 0 Å². The van der Waals surface area contributed by atoms with Gasteiger partial charge in [0.1, 0.15) is 5.78 Å². The summed E-state index contributed by atoms with van der Waals surface area (Å²) in [6.07, 6.45) is 2.71. The van der Waals surface area contributed by atoms with Crippen molar-refractivity contribution in [2.24, 2.45) is 0 Å². The molecule has 0 N–H and O–H groups in total. The predicted molar refractivity (Wildman–Crippen MR) is 84.2 cm³/mol. The molecule has 0 atom stereocenters. The van der Waals surface area contributed by atoms with E-state index < -0.39 is 5.91 Å². The summed E-state index contributed by atoms with van der Waals surface area (Å²) in [6, 6.07) is 10.1. The van der Waals surface area contributed by atoms with E-state index in [4.69, 9.17) is 0 Å². The van der Waals surface area contributed by atoms with Crippen LogP contribution in [0.15, 0.2) is 36.5 Å². The monoisotopic (exact) mass is 300 g/mol. The van der Waals surface area contributed by atoms with E-state index in [1.807, 2.05) is 36.5 Å². The largest absolute Gasteiger partial charge is 0.347 e. The number of hydrogen-bond donors (Lipinski definition) is 0. The predicted octanol–water partition coefficient (Wildman–Crippen LogP) is 2.39. The van der Waals surface area contributed by atoms with E-state index >= 15 is 0 Å². The number of ketones is 1. The van der Waals surface area contributed by atoms with E-state index in [9.17, 15) is 14.4 Å². The molecule has 1 aromatic heterocycles. The van der Waals surface area contributed by atoms with Crippen molar-refractivity contribution in [3.63, 3.8) is 0 Å². The Morgan fingerprint density at radius 2 is 1.82 bits per heavy atom. The Balaban J connectivity index is 1.87. The van der Waals surface area contributed by atoms with Crippen molar-refractivity contribution in [3.8, 4) is 0 Å². The molecular weight excluding hydrogens is 280 g/mol. The number of amides is 2. The Labute approximate surface area is 129 Å². The molecular formula is C17H20N2O3. The molecule has 0 radical (unpaired) electrons. The summed E-state index contributed by atoms with van der Waals surface area (Å²) in [5, 5.41) is 1.17. The number of hydrogen-bond acceptors (Lipinski definition) is 3. The maximum atomic E-state index is 11.9. The fraction of sp³-hybridized carbons (Fsp3) is 0.353. The summed E-state index contributed by atoms with van der Waals surface area (Å²) in [6.45, 7) is 2.06. The number of imide groups is 1. The molecule has 2 rings (SSSR count). The Morgan fingerprint density at radius 3 is 2.55 bits per heavy atom.